The summed E-state index contributed by atoms with van der Waals surface area (Å²) in [5.41, 5.74) is 1.38. The van der Waals surface area contributed by atoms with E-state index < -0.39 is 22.0 Å². The van der Waals surface area contributed by atoms with Gasteiger partial charge in [0.15, 0.2) is 0 Å². The van der Waals surface area contributed by atoms with Gasteiger partial charge in [-0.25, -0.2) is 8.42 Å². The average molecular weight is 571 g/mol. The molecule has 0 fully saturated rings. The molecule has 2 N–H and O–H groups in total. The molecule has 0 aliphatic rings. The number of methoxy groups -OCH3 is 1. The average Bonchev–Trinajstić information content (AvgIpc) is 2.75. The fourth-order valence-electron chi connectivity index (χ4n) is 2.91. The number of benzene rings is 3. The third-order valence-corrected chi connectivity index (χ3v) is 6.87. The summed E-state index contributed by atoms with van der Waals surface area (Å²) in [4.78, 5) is 12.9. The first-order valence-electron chi connectivity index (χ1n) is 9.25. The molecular formula is C22H20ClIN2O4S. The molecule has 0 saturated carbocycles. The highest BCUT2D eigenvalue weighted by atomic mass is 127. The molecule has 1 atom stereocenters. The molecule has 9 heteroatoms. The van der Waals surface area contributed by atoms with Gasteiger partial charge in [0.05, 0.1) is 7.11 Å². The highest BCUT2D eigenvalue weighted by Crippen LogP contribution is 2.27. The Morgan fingerprint density at radius 3 is 2.39 bits per heavy atom. The molecule has 0 heterocycles. The summed E-state index contributed by atoms with van der Waals surface area (Å²) in [6, 6.07) is 19.6. The van der Waals surface area contributed by atoms with Gasteiger partial charge in [0.1, 0.15) is 16.7 Å². The summed E-state index contributed by atoms with van der Waals surface area (Å²) in [5.74, 6) is -0.344. The van der Waals surface area contributed by atoms with Crippen molar-refractivity contribution in [2.45, 2.75) is 17.4 Å². The van der Waals surface area contributed by atoms with Crippen molar-refractivity contribution in [3.8, 4) is 5.75 Å². The number of halogens is 2. The van der Waals surface area contributed by atoms with Crippen LogP contribution < -0.4 is 14.8 Å². The first kappa shape index (κ1) is 23.5. The molecule has 0 aromatic heterocycles. The van der Waals surface area contributed by atoms with Crippen LogP contribution in [0.15, 0.2) is 77.7 Å². The third-order valence-electron chi connectivity index (χ3n) is 4.42. The molecule has 0 aliphatic carbocycles. The normalized spacial score (nSPS) is 12.2. The summed E-state index contributed by atoms with van der Waals surface area (Å²) >= 11 is 8.17. The third kappa shape index (κ3) is 6.42. The Kier molecular flexibility index (Phi) is 7.93. The number of carbonyl (C=O) groups is 1. The maximum absolute atomic E-state index is 13.1. The lowest BCUT2D eigenvalue weighted by Gasteiger charge is -2.20. The van der Waals surface area contributed by atoms with Crippen molar-refractivity contribution in [3.63, 3.8) is 0 Å². The number of hydrogen-bond donors (Lipinski definition) is 2. The number of anilines is 1. The van der Waals surface area contributed by atoms with E-state index in [1.165, 1.54) is 25.3 Å². The molecule has 3 aromatic carbocycles. The van der Waals surface area contributed by atoms with E-state index in [0.717, 1.165) is 9.13 Å². The number of hydrogen-bond acceptors (Lipinski definition) is 4. The maximum atomic E-state index is 13.1. The van der Waals surface area contributed by atoms with E-state index in [0.29, 0.717) is 5.69 Å². The van der Waals surface area contributed by atoms with Crippen molar-refractivity contribution in [2.75, 3.05) is 12.4 Å². The molecule has 3 aromatic rings. The fourth-order valence-corrected chi connectivity index (χ4v) is 4.90. The zero-order valence-electron chi connectivity index (χ0n) is 16.5. The molecule has 0 radical (unpaired) electrons. The van der Waals surface area contributed by atoms with Crippen LogP contribution in [0.25, 0.3) is 0 Å². The largest absolute Gasteiger partial charge is 0.495 e. The number of carbonyl (C=O) groups excluding carboxylic acids is 1. The van der Waals surface area contributed by atoms with Crippen LogP contribution in [-0.2, 0) is 21.2 Å². The van der Waals surface area contributed by atoms with Gasteiger partial charge in [0.25, 0.3) is 0 Å². The Morgan fingerprint density at radius 1 is 1.06 bits per heavy atom. The van der Waals surface area contributed by atoms with E-state index >= 15 is 0 Å². The van der Waals surface area contributed by atoms with Crippen LogP contribution in [0, 0.1) is 3.57 Å². The predicted molar refractivity (Wildman–Crippen MR) is 130 cm³/mol. The summed E-state index contributed by atoms with van der Waals surface area (Å²) in [5, 5.41) is 3.02. The van der Waals surface area contributed by atoms with Crippen LogP contribution in [0.5, 0.6) is 5.75 Å². The fraction of sp³-hybridized carbons (Fsp3) is 0.136. The van der Waals surface area contributed by atoms with E-state index in [4.69, 9.17) is 16.3 Å². The van der Waals surface area contributed by atoms with Gasteiger partial charge in [-0.3, -0.25) is 4.79 Å². The Labute approximate surface area is 200 Å². The van der Waals surface area contributed by atoms with Crippen LogP contribution >= 0.6 is 34.2 Å². The zero-order valence-corrected chi connectivity index (χ0v) is 20.2. The summed E-state index contributed by atoms with van der Waals surface area (Å²) in [6.07, 6.45) is 0.166. The minimum atomic E-state index is -4.11. The Hall–Kier alpha value is -2.14. The predicted octanol–water partition coefficient (Wildman–Crippen LogP) is 4.48. The number of amides is 1. The summed E-state index contributed by atoms with van der Waals surface area (Å²) in [7, 11) is -2.74. The smallest absolute Gasteiger partial charge is 0.245 e. The maximum Gasteiger partial charge on any atom is 0.245 e. The van der Waals surface area contributed by atoms with E-state index in [1.54, 1.807) is 12.1 Å². The van der Waals surface area contributed by atoms with Crippen molar-refractivity contribution in [1.29, 1.82) is 0 Å². The van der Waals surface area contributed by atoms with Gasteiger partial charge in [-0.1, -0.05) is 41.9 Å². The molecule has 3 rings (SSSR count). The van der Waals surface area contributed by atoms with Crippen molar-refractivity contribution in [1.82, 2.24) is 4.72 Å². The number of ether oxygens (including phenoxy) is 1. The van der Waals surface area contributed by atoms with Gasteiger partial charge >= 0.3 is 0 Å². The van der Waals surface area contributed by atoms with Crippen molar-refractivity contribution < 1.29 is 17.9 Å². The van der Waals surface area contributed by atoms with Gasteiger partial charge in [0, 0.05) is 14.3 Å². The molecule has 0 bridgehead atoms. The standard InChI is InChI=1S/C22H20ClIN2O4S/c1-30-20-12-7-16(23)14-21(20)31(28,29)26-19(13-15-5-3-2-4-6-15)22(27)25-18-10-8-17(24)9-11-18/h2-12,14,19,26H,13H2,1H3,(H,25,27)/t19-/m1/s1. The van der Waals surface area contributed by atoms with Gasteiger partial charge in [0.2, 0.25) is 15.9 Å². The molecular weight excluding hydrogens is 551 g/mol. The molecule has 31 heavy (non-hydrogen) atoms. The highest BCUT2D eigenvalue weighted by molar-refractivity contribution is 14.1. The van der Waals surface area contributed by atoms with E-state index in [9.17, 15) is 13.2 Å². The van der Waals surface area contributed by atoms with E-state index in [1.807, 2.05) is 42.5 Å². The minimum absolute atomic E-state index is 0.133. The quantitative estimate of drug-likeness (QED) is 0.391. The minimum Gasteiger partial charge on any atom is -0.495 e. The van der Waals surface area contributed by atoms with Gasteiger partial charge in [-0.15, -0.1) is 0 Å². The van der Waals surface area contributed by atoms with Crippen molar-refractivity contribution >= 4 is 55.8 Å². The topological polar surface area (TPSA) is 84.5 Å². The van der Waals surface area contributed by atoms with E-state index in [-0.39, 0.29) is 22.1 Å². The van der Waals surface area contributed by atoms with Crippen LogP contribution in [0.3, 0.4) is 0 Å². The van der Waals surface area contributed by atoms with Gasteiger partial charge < -0.3 is 10.1 Å². The highest BCUT2D eigenvalue weighted by Gasteiger charge is 2.28. The first-order chi connectivity index (χ1) is 14.8. The molecule has 0 saturated heterocycles. The molecule has 1 amide bonds. The molecule has 0 spiro atoms. The molecule has 162 valence electrons. The SMILES string of the molecule is COc1ccc(Cl)cc1S(=O)(=O)N[C@H](Cc1ccccc1)C(=O)Nc1ccc(I)cc1. The summed E-state index contributed by atoms with van der Waals surface area (Å²) < 4.78 is 35.0. The van der Waals surface area contributed by atoms with Crippen LogP contribution in [-0.4, -0.2) is 27.5 Å². The van der Waals surface area contributed by atoms with Crippen LogP contribution in [0.4, 0.5) is 5.69 Å². The first-order valence-corrected chi connectivity index (χ1v) is 12.2. The van der Waals surface area contributed by atoms with Gasteiger partial charge in [-0.2, -0.15) is 4.72 Å². The molecule has 0 unspecified atom stereocenters. The Morgan fingerprint density at radius 2 is 1.74 bits per heavy atom. The number of sulfonamides is 1. The lowest BCUT2D eigenvalue weighted by atomic mass is 10.1. The second-order valence-electron chi connectivity index (χ2n) is 6.65. The number of rotatable bonds is 8. The lowest BCUT2D eigenvalue weighted by Crippen LogP contribution is -2.45. The second kappa shape index (κ2) is 10.4. The van der Waals surface area contributed by atoms with Crippen LogP contribution in [0.2, 0.25) is 5.02 Å². The van der Waals surface area contributed by atoms with Gasteiger partial charge in [-0.05, 0) is 77.0 Å². The van der Waals surface area contributed by atoms with Crippen molar-refractivity contribution in [2.24, 2.45) is 0 Å². The summed E-state index contributed by atoms with van der Waals surface area (Å²) in [6.45, 7) is 0. The molecule has 6 nitrogen and oxygen atoms in total. The lowest BCUT2D eigenvalue weighted by molar-refractivity contribution is -0.117. The van der Waals surface area contributed by atoms with Crippen molar-refractivity contribution in [3.05, 3.63) is 87.0 Å². The number of nitrogens with one attached hydrogen (secondary N) is 2. The Balaban J connectivity index is 1.91. The van der Waals surface area contributed by atoms with E-state index in [2.05, 4.69) is 32.6 Å². The monoisotopic (exact) mass is 570 g/mol. The zero-order chi connectivity index (χ0) is 22.4. The Bertz CT molecular complexity index is 1160. The van der Waals surface area contributed by atoms with Crippen LogP contribution in [0.1, 0.15) is 5.56 Å². The molecule has 0 aliphatic heterocycles. The second-order valence-corrected chi connectivity index (χ2v) is 10.0.